The van der Waals surface area contributed by atoms with E-state index in [-0.39, 0.29) is 4.87 Å². The van der Waals surface area contributed by atoms with Crippen LogP contribution in [-0.4, -0.2) is 21.2 Å². The van der Waals surface area contributed by atoms with Crippen molar-refractivity contribution < 1.29 is 0 Å². The summed E-state index contributed by atoms with van der Waals surface area (Å²) in [4.78, 5) is 0.138. The van der Waals surface area contributed by atoms with Crippen molar-refractivity contribution in [2.45, 2.75) is 50.8 Å². The lowest BCUT2D eigenvalue weighted by Crippen LogP contribution is -2.41. The normalized spacial score (nSPS) is 27.4. The first-order chi connectivity index (χ1) is 6.57. The van der Waals surface area contributed by atoms with E-state index in [1.54, 1.807) is 11.8 Å². The zero-order chi connectivity index (χ0) is 10.6. The molecule has 0 spiro atoms. The third-order valence-corrected chi connectivity index (χ3v) is 4.22. The van der Waals surface area contributed by atoms with Crippen LogP contribution < -0.4 is 5.43 Å². The van der Waals surface area contributed by atoms with Crippen LogP contribution in [0.15, 0.2) is 0 Å². The van der Waals surface area contributed by atoms with Gasteiger partial charge in [0.2, 0.25) is 0 Å². The largest absolute Gasteiger partial charge is 0.295 e. The van der Waals surface area contributed by atoms with Crippen LogP contribution in [0.2, 0.25) is 0 Å². The van der Waals surface area contributed by atoms with Crippen LogP contribution in [-0.2, 0) is 0 Å². The zero-order valence-corrected chi connectivity index (χ0v) is 10.9. The summed E-state index contributed by atoms with van der Waals surface area (Å²) in [5.74, 6) is 0. The van der Waals surface area contributed by atoms with Crippen LogP contribution in [0, 0.1) is 0 Å². The molecule has 0 aromatic rings. The fourth-order valence-electron chi connectivity index (χ4n) is 1.68. The summed E-state index contributed by atoms with van der Waals surface area (Å²) in [6, 6.07) is 0. The highest BCUT2D eigenvalue weighted by molar-refractivity contribution is 8.24. The lowest BCUT2D eigenvalue weighted by Gasteiger charge is -2.23. The quantitative estimate of drug-likeness (QED) is 0.578. The minimum absolute atomic E-state index is 0.138. The third-order valence-electron chi connectivity index (χ3n) is 2.50. The van der Waals surface area contributed by atoms with E-state index in [0.29, 0.717) is 0 Å². The molecule has 14 heavy (non-hydrogen) atoms. The van der Waals surface area contributed by atoms with Gasteiger partial charge in [-0.1, -0.05) is 56.6 Å². The first-order valence-corrected chi connectivity index (χ1v) is 6.54. The average molecular weight is 232 g/mol. The molecule has 82 valence electrons. The Morgan fingerprint density at radius 2 is 2.14 bits per heavy atom. The highest BCUT2D eigenvalue weighted by Crippen LogP contribution is 2.35. The molecule has 0 bridgehead atoms. The highest BCUT2D eigenvalue weighted by atomic mass is 32.2. The maximum absolute atomic E-state index is 5.22. The van der Waals surface area contributed by atoms with Crippen LogP contribution in [0.3, 0.4) is 0 Å². The Morgan fingerprint density at radius 1 is 1.43 bits per heavy atom. The van der Waals surface area contributed by atoms with Crippen molar-refractivity contribution in [2.75, 3.05) is 7.05 Å². The topological polar surface area (TPSA) is 15.3 Å². The van der Waals surface area contributed by atoms with Gasteiger partial charge in [0.15, 0.2) is 4.32 Å². The second kappa shape index (κ2) is 5.33. The molecule has 0 radical (unpaired) electrons. The average Bonchev–Trinajstić information content (AvgIpc) is 2.36. The first-order valence-electron chi connectivity index (χ1n) is 5.32. The molecule has 0 aromatic heterocycles. The summed E-state index contributed by atoms with van der Waals surface area (Å²) < 4.78 is 0.961. The molecule has 1 aliphatic rings. The fraction of sp³-hybridized carbons (Fsp3) is 0.900. The predicted octanol–water partition coefficient (Wildman–Crippen LogP) is 3.14. The maximum atomic E-state index is 5.22. The van der Waals surface area contributed by atoms with Gasteiger partial charge in [-0.2, -0.15) is 0 Å². The van der Waals surface area contributed by atoms with Gasteiger partial charge in [0.1, 0.15) is 0 Å². The van der Waals surface area contributed by atoms with E-state index in [1.807, 2.05) is 12.1 Å². The lowest BCUT2D eigenvalue weighted by molar-refractivity contribution is 0.299. The van der Waals surface area contributed by atoms with E-state index in [2.05, 4.69) is 19.3 Å². The molecule has 1 atom stereocenters. The first kappa shape index (κ1) is 12.3. The molecule has 0 aromatic carbocycles. The number of thiocarbonyl (C=S) groups is 1. The molecule has 1 aliphatic heterocycles. The second-order valence-electron chi connectivity index (χ2n) is 4.08. The van der Waals surface area contributed by atoms with E-state index in [1.165, 1.54) is 32.1 Å². The smallest absolute Gasteiger partial charge is 0.152 e. The highest BCUT2D eigenvalue weighted by Gasteiger charge is 2.35. The molecule has 4 heteroatoms. The van der Waals surface area contributed by atoms with Gasteiger partial charge < -0.3 is 0 Å². The molecule has 1 heterocycles. The van der Waals surface area contributed by atoms with E-state index in [0.717, 1.165) is 4.32 Å². The van der Waals surface area contributed by atoms with Crippen molar-refractivity contribution in [1.29, 1.82) is 0 Å². The minimum atomic E-state index is 0.138. The van der Waals surface area contributed by atoms with Gasteiger partial charge in [-0.05, 0) is 13.3 Å². The van der Waals surface area contributed by atoms with Gasteiger partial charge in [0.25, 0.3) is 0 Å². The third kappa shape index (κ3) is 3.41. The number of hydrazine groups is 1. The second-order valence-corrected chi connectivity index (χ2v) is 6.22. The van der Waals surface area contributed by atoms with Gasteiger partial charge in [-0.3, -0.25) is 5.01 Å². The number of nitrogens with zero attached hydrogens (tertiary/aromatic N) is 1. The molecular weight excluding hydrogens is 212 g/mol. The van der Waals surface area contributed by atoms with Crippen molar-refractivity contribution in [2.24, 2.45) is 0 Å². The number of hydrogen-bond donors (Lipinski definition) is 1. The molecule has 2 nitrogen and oxygen atoms in total. The standard InChI is InChI=1S/C10H20N2S2/c1-4-5-6-7-8-10(2)11-12(3)9(13)14-10/h11H,4-8H2,1-3H3. The van der Waals surface area contributed by atoms with Gasteiger partial charge in [-0.15, -0.1) is 0 Å². The molecule has 1 rings (SSSR count). The Bertz CT molecular complexity index is 208. The van der Waals surface area contributed by atoms with Crippen molar-refractivity contribution in [3.05, 3.63) is 0 Å². The van der Waals surface area contributed by atoms with Gasteiger partial charge in [0.05, 0.1) is 4.87 Å². The van der Waals surface area contributed by atoms with Crippen LogP contribution >= 0.6 is 24.0 Å². The van der Waals surface area contributed by atoms with Crippen LogP contribution in [0.4, 0.5) is 0 Å². The Balaban J connectivity index is 2.26. The Labute approximate surface area is 96.8 Å². The Kier molecular flexibility index (Phi) is 4.67. The number of thioether (sulfide) groups is 1. The zero-order valence-electron chi connectivity index (χ0n) is 9.30. The molecule has 0 amide bonds. The van der Waals surface area contributed by atoms with Gasteiger partial charge >= 0.3 is 0 Å². The SMILES string of the molecule is CCCCCCC1(C)NN(C)C(=S)S1. The summed E-state index contributed by atoms with van der Waals surface area (Å²) in [6.45, 7) is 4.48. The molecule has 1 N–H and O–H groups in total. The van der Waals surface area contributed by atoms with Crippen molar-refractivity contribution in [1.82, 2.24) is 10.4 Å². The van der Waals surface area contributed by atoms with Gasteiger partial charge in [-0.25, -0.2) is 5.43 Å². The number of hydrogen-bond acceptors (Lipinski definition) is 3. The molecular formula is C10H20N2S2. The summed E-state index contributed by atoms with van der Waals surface area (Å²) in [5.41, 5.74) is 3.41. The van der Waals surface area contributed by atoms with Crippen molar-refractivity contribution in [3.8, 4) is 0 Å². The summed E-state index contributed by atoms with van der Waals surface area (Å²) in [6.07, 6.45) is 6.48. The summed E-state index contributed by atoms with van der Waals surface area (Å²) in [7, 11) is 1.99. The summed E-state index contributed by atoms with van der Waals surface area (Å²) in [5, 5.41) is 1.96. The Morgan fingerprint density at radius 3 is 2.64 bits per heavy atom. The fourth-order valence-corrected chi connectivity index (χ4v) is 3.27. The van der Waals surface area contributed by atoms with Crippen molar-refractivity contribution >= 4 is 28.3 Å². The Hall–Kier alpha value is 0.200. The minimum Gasteiger partial charge on any atom is -0.295 e. The van der Waals surface area contributed by atoms with E-state index < -0.39 is 0 Å². The lowest BCUT2D eigenvalue weighted by atomic mass is 10.1. The van der Waals surface area contributed by atoms with Crippen LogP contribution in [0.1, 0.15) is 46.0 Å². The van der Waals surface area contributed by atoms with Crippen molar-refractivity contribution in [3.63, 3.8) is 0 Å². The number of nitrogens with one attached hydrogen (secondary N) is 1. The molecule has 0 aliphatic carbocycles. The van der Waals surface area contributed by atoms with E-state index in [4.69, 9.17) is 12.2 Å². The molecule has 1 unspecified atom stereocenters. The predicted molar refractivity (Wildman–Crippen MR) is 68.3 cm³/mol. The van der Waals surface area contributed by atoms with Crippen LogP contribution in [0.25, 0.3) is 0 Å². The van der Waals surface area contributed by atoms with Crippen LogP contribution in [0.5, 0.6) is 0 Å². The molecule has 0 saturated carbocycles. The summed E-state index contributed by atoms with van der Waals surface area (Å²) >= 11 is 7.00. The maximum Gasteiger partial charge on any atom is 0.152 e. The van der Waals surface area contributed by atoms with Gasteiger partial charge in [0, 0.05) is 7.05 Å². The van der Waals surface area contributed by atoms with E-state index >= 15 is 0 Å². The monoisotopic (exact) mass is 232 g/mol. The number of rotatable bonds is 5. The molecule has 1 fully saturated rings. The van der Waals surface area contributed by atoms with E-state index in [9.17, 15) is 0 Å². The number of unbranched alkanes of at least 4 members (excludes halogenated alkanes) is 3. The molecule has 1 saturated heterocycles.